The fourth-order valence-corrected chi connectivity index (χ4v) is 9.52. The van der Waals surface area contributed by atoms with E-state index in [1.54, 1.807) is 0 Å². The van der Waals surface area contributed by atoms with Gasteiger partial charge >= 0.3 is 0 Å². The molecule has 0 aliphatic rings. The molecule has 0 nitrogen and oxygen atoms in total. The summed E-state index contributed by atoms with van der Waals surface area (Å²) in [5, 5.41) is 5.59. The van der Waals surface area contributed by atoms with E-state index in [1.807, 2.05) is 0 Å². The van der Waals surface area contributed by atoms with Crippen molar-refractivity contribution in [2.24, 2.45) is 0 Å². The van der Waals surface area contributed by atoms with Gasteiger partial charge in [0.25, 0.3) is 0 Å². The van der Waals surface area contributed by atoms with E-state index in [4.69, 9.17) is 0 Å². The largest absolute Gasteiger partial charge is 0.179 e. The van der Waals surface area contributed by atoms with Crippen LogP contribution in [0.15, 0.2) is 140 Å². The van der Waals surface area contributed by atoms with Gasteiger partial charge in [0.05, 0.1) is 0 Å². The van der Waals surface area contributed by atoms with Gasteiger partial charge in [-0.25, -0.2) is 0 Å². The Labute approximate surface area is 203 Å². The number of rotatable bonds is 6. The number of benzene rings is 5. The predicted octanol–water partition coefficient (Wildman–Crippen LogP) is 5.54. The molecule has 0 aliphatic carbocycles. The monoisotopic (exact) mass is 452 g/mol. The third-order valence-corrected chi connectivity index (χ3v) is 11.3. The average Bonchev–Trinajstić information content (AvgIpc) is 2.91. The van der Waals surface area contributed by atoms with E-state index in [1.165, 1.54) is 37.4 Å². The van der Waals surface area contributed by atoms with Crippen LogP contribution in [-0.4, -0.2) is 8.07 Å². The van der Waals surface area contributed by atoms with Crippen LogP contribution in [0.1, 0.15) is 16.7 Å². The maximum atomic E-state index is 2.34. The summed E-state index contributed by atoms with van der Waals surface area (Å²) < 4.78 is 0. The highest BCUT2D eigenvalue weighted by atomic mass is 28.3. The highest BCUT2D eigenvalue weighted by molar-refractivity contribution is 7.19. The molecule has 0 aliphatic heterocycles. The number of aryl methyl sites for hydroxylation is 1. The second-order valence-corrected chi connectivity index (χ2v) is 12.5. The molecule has 164 valence electrons. The summed E-state index contributed by atoms with van der Waals surface area (Å²) in [7, 11) is -2.44. The Morgan fingerprint density at radius 3 is 1.09 bits per heavy atom. The van der Waals surface area contributed by atoms with Crippen LogP contribution in [0.2, 0.25) is 0 Å². The molecule has 5 aromatic carbocycles. The summed E-state index contributed by atoms with van der Waals surface area (Å²) >= 11 is 0. The molecule has 0 unspecified atom stereocenters. The Hall–Kier alpha value is -3.94. The van der Waals surface area contributed by atoms with E-state index >= 15 is 0 Å². The summed E-state index contributed by atoms with van der Waals surface area (Å²) in [6, 6.07) is 51.0. The van der Waals surface area contributed by atoms with Gasteiger partial charge in [-0.1, -0.05) is 157 Å². The van der Waals surface area contributed by atoms with Crippen LogP contribution in [-0.2, 0) is 0 Å². The predicted molar refractivity (Wildman–Crippen MR) is 150 cm³/mol. The smallest absolute Gasteiger partial charge is 0.0623 e. The Morgan fingerprint density at radius 1 is 0.382 bits per heavy atom. The fraction of sp³-hybridized carbons (Fsp3) is 0.0303. The van der Waals surface area contributed by atoms with Crippen LogP contribution in [0.5, 0.6) is 0 Å². The van der Waals surface area contributed by atoms with Crippen molar-refractivity contribution >= 4 is 41.0 Å². The normalized spacial score (nSPS) is 11.6. The lowest BCUT2D eigenvalue weighted by Gasteiger charge is -2.34. The van der Waals surface area contributed by atoms with Crippen LogP contribution in [0.4, 0.5) is 0 Å². The molecule has 0 aromatic heterocycles. The van der Waals surface area contributed by atoms with Gasteiger partial charge in [-0.2, -0.15) is 0 Å². The van der Waals surface area contributed by atoms with Crippen molar-refractivity contribution in [3.05, 3.63) is 156 Å². The van der Waals surface area contributed by atoms with Gasteiger partial charge < -0.3 is 0 Å². The molecular formula is C33H28Si. The summed E-state index contributed by atoms with van der Waals surface area (Å²) in [5.74, 6) is 0. The molecule has 0 saturated heterocycles. The zero-order valence-corrected chi connectivity index (χ0v) is 20.4. The molecular weight excluding hydrogens is 424 g/mol. The minimum Gasteiger partial charge on any atom is -0.0623 e. The SMILES string of the molecule is Cc1ccc(/C=C/c2ccc([Si](c3ccccc3)(c3ccccc3)c3ccccc3)cc2)cc1. The first-order valence-electron chi connectivity index (χ1n) is 11.8. The van der Waals surface area contributed by atoms with Gasteiger partial charge in [-0.15, -0.1) is 0 Å². The van der Waals surface area contributed by atoms with Crippen LogP contribution >= 0.6 is 0 Å². The Morgan fingerprint density at radius 2 is 0.706 bits per heavy atom. The molecule has 0 spiro atoms. The Kier molecular flexibility index (Phi) is 6.37. The maximum absolute atomic E-state index is 2.44. The van der Waals surface area contributed by atoms with Crippen molar-refractivity contribution in [3.63, 3.8) is 0 Å². The first-order valence-corrected chi connectivity index (χ1v) is 13.8. The lowest BCUT2D eigenvalue weighted by Crippen LogP contribution is -2.74. The van der Waals surface area contributed by atoms with Crippen molar-refractivity contribution in [1.82, 2.24) is 0 Å². The molecule has 0 fully saturated rings. The second kappa shape index (κ2) is 9.90. The molecule has 0 radical (unpaired) electrons. The van der Waals surface area contributed by atoms with Gasteiger partial charge in [-0.3, -0.25) is 0 Å². The Balaban J connectivity index is 1.64. The highest BCUT2D eigenvalue weighted by Crippen LogP contribution is 2.13. The Bertz CT molecular complexity index is 1260. The molecule has 0 saturated carbocycles. The summed E-state index contributed by atoms with van der Waals surface area (Å²) in [4.78, 5) is 0. The van der Waals surface area contributed by atoms with E-state index in [9.17, 15) is 0 Å². The van der Waals surface area contributed by atoms with Crippen LogP contribution in [0.25, 0.3) is 12.2 Å². The first kappa shape index (κ1) is 21.9. The molecule has 5 aromatic rings. The summed E-state index contributed by atoms with van der Waals surface area (Å²) in [5.41, 5.74) is 3.71. The maximum Gasteiger partial charge on any atom is 0.179 e. The molecule has 0 amide bonds. The van der Waals surface area contributed by atoms with Gasteiger partial charge in [0.15, 0.2) is 8.07 Å². The van der Waals surface area contributed by atoms with Crippen LogP contribution in [0, 0.1) is 6.92 Å². The van der Waals surface area contributed by atoms with Crippen molar-refractivity contribution in [2.45, 2.75) is 6.92 Å². The van der Waals surface area contributed by atoms with Gasteiger partial charge in [0.2, 0.25) is 0 Å². The van der Waals surface area contributed by atoms with Gasteiger partial charge in [-0.05, 0) is 38.8 Å². The zero-order valence-electron chi connectivity index (χ0n) is 19.4. The standard InChI is InChI=1S/C33H28Si/c1-27-17-19-28(20-18-27)21-22-29-23-25-33(26-24-29)34(30-11-5-2-6-12-30,31-13-7-3-8-14-31)32-15-9-4-10-16-32/h2-26H,1H3/b22-21+. The third-order valence-electron chi connectivity index (χ3n) is 6.51. The van der Waals surface area contributed by atoms with E-state index in [0.29, 0.717) is 0 Å². The fourth-order valence-electron chi connectivity index (χ4n) is 4.78. The van der Waals surface area contributed by atoms with Crippen molar-refractivity contribution in [2.75, 3.05) is 0 Å². The first-order chi connectivity index (χ1) is 16.8. The minimum absolute atomic E-state index is 1.21. The number of hydrogen-bond donors (Lipinski definition) is 0. The molecule has 34 heavy (non-hydrogen) atoms. The minimum atomic E-state index is -2.44. The topological polar surface area (TPSA) is 0 Å². The van der Waals surface area contributed by atoms with Crippen molar-refractivity contribution in [3.8, 4) is 0 Å². The molecule has 5 rings (SSSR count). The van der Waals surface area contributed by atoms with E-state index < -0.39 is 8.07 Å². The van der Waals surface area contributed by atoms with E-state index in [2.05, 4.69) is 159 Å². The van der Waals surface area contributed by atoms with Gasteiger partial charge in [0, 0.05) is 0 Å². The molecule has 0 heterocycles. The molecule has 0 atom stereocenters. The van der Waals surface area contributed by atoms with Crippen molar-refractivity contribution in [1.29, 1.82) is 0 Å². The second-order valence-electron chi connectivity index (χ2n) is 8.71. The molecule has 0 N–H and O–H groups in total. The van der Waals surface area contributed by atoms with E-state index in [-0.39, 0.29) is 0 Å². The lowest BCUT2D eigenvalue weighted by molar-refractivity contribution is 1.46. The summed E-state index contributed by atoms with van der Waals surface area (Å²) in [6.07, 6.45) is 4.38. The molecule has 1 heteroatoms. The highest BCUT2D eigenvalue weighted by Gasteiger charge is 2.41. The zero-order chi connectivity index (χ0) is 23.2. The third kappa shape index (κ3) is 4.31. The van der Waals surface area contributed by atoms with Crippen LogP contribution < -0.4 is 20.7 Å². The van der Waals surface area contributed by atoms with E-state index in [0.717, 1.165) is 0 Å². The number of hydrogen-bond acceptors (Lipinski definition) is 0. The van der Waals surface area contributed by atoms with Crippen molar-refractivity contribution < 1.29 is 0 Å². The van der Waals surface area contributed by atoms with Gasteiger partial charge in [0.1, 0.15) is 0 Å². The lowest BCUT2D eigenvalue weighted by atomic mass is 10.1. The summed E-state index contributed by atoms with van der Waals surface area (Å²) in [6.45, 7) is 2.12. The average molecular weight is 453 g/mol. The van der Waals surface area contributed by atoms with Crippen LogP contribution in [0.3, 0.4) is 0 Å². The quantitative estimate of drug-likeness (QED) is 0.180. The molecule has 0 bridgehead atoms.